The fourth-order valence-corrected chi connectivity index (χ4v) is 12.1. The van der Waals surface area contributed by atoms with Gasteiger partial charge in [0.1, 0.15) is 0 Å². The third kappa shape index (κ3) is 2.91. The molecule has 2 aliphatic carbocycles. The maximum atomic E-state index is 2.59. The standard InChI is InChI=1S/C13H9.C5H5.2CH3.2ClH.H2Si.Ti/c1-3-7-12-10(5-1)9-11-6-2-4-8-13(11)12;1-2-4-5-3-1;;;;;;/h1-5,7-8H,9H2;1-3H,4H2;2*1H3;2*1H;1H2;. The van der Waals surface area contributed by atoms with E-state index in [2.05, 4.69) is 78.8 Å². The van der Waals surface area contributed by atoms with Crippen LogP contribution in [-0.4, -0.2) is 7.63 Å². The van der Waals surface area contributed by atoms with Gasteiger partial charge in [-0.3, -0.25) is 0 Å². The first kappa shape index (κ1) is 19.8. The molecular formula is C20H24Cl2SiTi. The van der Waals surface area contributed by atoms with E-state index in [1.807, 2.05) is 0 Å². The Balaban J connectivity index is 0.00000104. The van der Waals surface area contributed by atoms with Crippen LogP contribution < -0.4 is 3.87 Å². The van der Waals surface area contributed by atoms with E-state index in [0.717, 1.165) is 12.8 Å². The molecule has 2 aromatic rings. The molecule has 0 radical (unpaired) electrons. The predicted molar refractivity (Wildman–Crippen MR) is 111 cm³/mol. The monoisotopic (exact) mass is 410 g/mol. The van der Waals surface area contributed by atoms with Crippen LogP contribution in [0, 0.1) is 0 Å². The zero-order valence-corrected chi connectivity index (χ0v) is 18.8. The third-order valence-electron chi connectivity index (χ3n) is 5.52. The van der Waals surface area contributed by atoms with Gasteiger partial charge >= 0.3 is 136 Å². The van der Waals surface area contributed by atoms with Crippen molar-refractivity contribution in [3.8, 4) is 11.1 Å². The fourth-order valence-electron chi connectivity index (χ4n) is 4.12. The van der Waals surface area contributed by atoms with Crippen molar-refractivity contribution in [3.63, 3.8) is 0 Å². The second-order valence-corrected chi connectivity index (χ2v) is 26.7. The Morgan fingerprint density at radius 1 is 0.917 bits per heavy atom. The average molecular weight is 411 g/mol. The van der Waals surface area contributed by atoms with Crippen LogP contribution in [0.2, 0.25) is 10.5 Å². The minimum absolute atomic E-state index is 0. The number of fused-ring (bicyclic) bond motifs is 3. The van der Waals surface area contributed by atoms with Gasteiger partial charge in [0.15, 0.2) is 0 Å². The van der Waals surface area contributed by atoms with Crippen LogP contribution >= 0.6 is 24.8 Å². The molecule has 0 atom stereocenters. The number of hydrogen-bond donors (Lipinski definition) is 0. The molecule has 0 aromatic heterocycles. The molecule has 126 valence electrons. The molecule has 0 saturated heterocycles. The summed E-state index contributed by atoms with van der Waals surface area (Å²) < 4.78 is 3.39. The summed E-state index contributed by atoms with van der Waals surface area (Å²) in [5.74, 6) is 0. The number of rotatable bonds is 2. The first-order valence-corrected chi connectivity index (χ1v) is 16.8. The van der Waals surface area contributed by atoms with Crippen molar-refractivity contribution < 1.29 is 14.0 Å². The number of allylic oxidation sites excluding steroid dienone is 4. The van der Waals surface area contributed by atoms with Gasteiger partial charge in [-0.1, -0.05) is 0 Å². The van der Waals surface area contributed by atoms with Crippen LogP contribution in [0.3, 0.4) is 0 Å². The second kappa shape index (κ2) is 6.63. The molecule has 2 aliphatic rings. The van der Waals surface area contributed by atoms with E-state index in [-0.39, 0.29) is 24.8 Å². The van der Waals surface area contributed by atoms with E-state index < -0.39 is 14.0 Å². The van der Waals surface area contributed by atoms with Crippen molar-refractivity contribution in [1.29, 1.82) is 0 Å². The molecule has 0 bridgehead atoms. The predicted octanol–water partition coefficient (Wildman–Crippen LogP) is 4.90. The SMILES string of the molecule is Cl.Cl.[CH3][Ti]([CH3])(=[SiH2])([C]1=CC=CC1)[c]1cccc2c1Cc1ccccc1-2. The Kier molecular flexibility index (Phi) is 5.45. The fraction of sp³-hybridized carbons (Fsp3) is 0.200. The Hall–Kier alpha value is -0.569. The molecule has 2 aromatic carbocycles. The topological polar surface area (TPSA) is 0 Å². The molecule has 4 heteroatoms. The van der Waals surface area contributed by atoms with Gasteiger partial charge in [0.2, 0.25) is 0 Å². The Labute approximate surface area is 159 Å². The van der Waals surface area contributed by atoms with Crippen LogP contribution in [0.1, 0.15) is 17.5 Å². The van der Waals surface area contributed by atoms with E-state index in [0.29, 0.717) is 0 Å². The quantitative estimate of drug-likeness (QED) is 0.526. The summed E-state index contributed by atoms with van der Waals surface area (Å²) >= 11 is -2.79. The van der Waals surface area contributed by atoms with Gasteiger partial charge in [0, 0.05) is 0 Å². The summed E-state index contributed by atoms with van der Waals surface area (Å²) in [5, 5.41) is 5.18. The van der Waals surface area contributed by atoms with E-state index in [1.165, 1.54) is 16.7 Å². The molecule has 0 N–H and O–H groups in total. The summed E-state index contributed by atoms with van der Waals surface area (Å²) in [6, 6.07) is 15.9. The Morgan fingerprint density at radius 2 is 1.62 bits per heavy atom. The summed E-state index contributed by atoms with van der Waals surface area (Å²) in [6.45, 7) is 0. The van der Waals surface area contributed by atoms with E-state index >= 15 is 0 Å². The van der Waals surface area contributed by atoms with E-state index in [9.17, 15) is 0 Å². The van der Waals surface area contributed by atoms with Crippen molar-refractivity contribution >= 4 is 36.3 Å². The Bertz CT molecular complexity index is 919. The number of hydrogen-bond acceptors (Lipinski definition) is 0. The molecule has 0 unspecified atom stereocenters. The minimum atomic E-state index is -2.79. The van der Waals surface area contributed by atoms with Gasteiger partial charge in [0.05, 0.1) is 0 Å². The second-order valence-electron chi connectivity index (χ2n) is 7.68. The van der Waals surface area contributed by atoms with Crippen LogP contribution in [0.4, 0.5) is 0 Å². The van der Waals surface area contributed by atoms with E-state index in [1.54, 1.807) is 13.3 Å². The van der Waals surface area contributed by atoms with Crippen LogP contribution in [0.25, 0.3) is 11.1 Å². The molecule has 0 amide bonds. The third-order valence-corrected chi connectivity index (χ3v) is 16.2. The van der Waals surface area contributed by atoms with Gasteiger partial charge in [-0.05, 0) is 0 Å². The van der Waals surface area contributed by atoms with Crippen molar-refractivity contribution in [2.75, 3.05) is 0 Å². The Morgan fingerprint density at radius 3 is 2.33 bits per heavy atom. The van der Waals surface area contributed by atoms with Gasteiger partial charge < -0.3 is 0 Å². The van der Waals surface area contributed by atoms with Crippen LogP contribution in [0.5, 0.6) is 0 Å². The van der Waals surface area contributed by atoms with Crippen molar-refractivity contribution in [2.24, 2.45) is 0 Å². The average Bonchev–Trinajstić information content (AvgIpc) is 3.14. The molecule has 24 heavy (non-hydrogen) atoms. The van der Waals surface area contributed by atoms with E-state index in [4.69, 9.17) is 0 Å². The summed E-state index contributed by atoms with van der Waals surface area (Å²) in [4.78, 5) is 0. The molecule has 0 spiro atoms. The summed E-state index contributed by atoms with van der Waals surface area (Å²) in [5.41, 5.74) is 6.03. The zero-order valence-electron chi connectivity index (χ0n) is 14.2. The summed E-state index contributed by atoms with van der Waals surface area (Å²) in [6.07, 6.45) is 9.23. The first-order valence-electron chi connectivity index (χ1n) is 8.10. The van der Waals surface area contributed by atoms with Crippen LogP contribution in [-0.2, 0) is 20.5 Å². The van der Waals surface area contributed by atoms with Crippen molar-refractivity contribution in [1.82, 2.24) is 0 Å². The van der Waals surface area contributed by atoms with Crippen molar-refractivity contribution in [3.05, 3.63) is 75.7 Å². The van der Waals surface area contributed by atoms with Gasteiger partial charge in [0.25, 0.3) is 0 Å². The molecule has 0 aliphatic heterocycles. The number of benzene rings is 2. The van der Waals surface area contributed by atoms with Crippen LogP contribution in [0.15, 0.2) is 64.6 Å². The summed E-state index contributed by atoms with van der Waals surface area (Å²) in [7, 11) is 2.32. The molecule has 0 fully saturated rings. The normalized spacial score (nSPS) is 15.0. The molecule has 4 rings (SSSR count). The first-order chi connectivity index (χ1) is 10.5. The zero-order chi connectivity index (χ0) is 15.4. The molecule has 0 saturated carbocycles. The van der Waals surface area contributed by atoms with Gasteiger partial charge in [-0.2, -0.15) is 0 Å². The van der Waals surface area contributed by atoms with Crippen molar-refractivity contribution in [2.45, 2.75) is 23.3 Å². The number of halogens is 2. The molecule has 0 heterocycles. The van der Waals surface area contributed by atoms with Gasteiger partial charge in [-0.15, -0.1) is 24.8 Å². The molecular weight excluding hydrogens is 387 g/mol. The van der Waals surface area contributed by atoms with Gasteiger partial charge in [-0.25, -0.2) is 0 Å². The molecule has 0 nitrogen and oxygen atoms in total. The maximum absolute atomic E-state index is 2.79.